The van der Waals surface area contributed by atoms with Crippen molar-refractivity contribution in [2.24, 2.45) is 11.3 Å². The second kappa shape index (κ2) is 4.82. The number of hydrogen-bond acceptors (Lipinski definition) is 3. The Balaban J connectivity index is 2.54. The van der Waals surface area contributed by atoms with Crippen LogP contribution in [0.15, 0.2) is 0 Å². The Labute approximate surface area is 95.2 Å². The van der Waals surface area contributed by atoms with Crippen molar-refractivity contribution >= 4 is 11.9 Å². The van der Waals surface area contributed by atoms with Gasteiger partial charge >= 0.3 is 5.97 Å². The molecule has 16 heavy (non-hydrogen) atoms. The van der Waals surface area contributed by atoms with Gasteiger partial charge in [0.05, 0.1) is 24.7 Å². The van der Waals surface area contributed by atoms with Gasteiger partial charge in [-0.15, -0.1) is 0 Å². The fraction of sp³-hybridized carbons (Fsp3) is 0.818. The smallest absolute Gasteiger partial charge is 0.310 e. The maximum atomic E-state index is 11.6. The highest BCUT2D eigenvalue weighted by Crippen LogP contribution is 2.31. The fourth-order valence-electron chi connectivity index (χ4n) is 1.46. The van der Waals surface area contributed by atoms with Gasteiger partial charge < -0.3 is 15.2 Å². The molecular weight excluding hydrogens is 210 g/mol. The summed E-state index contributed by atoms with van der Waals surface area (Å²) in [6.07, 6.45) is 0.0104. The van der Waals surface area contributed by atoms with E-state index in [1.165, 1.54) is 0 Å². The molecule has 1 saturated heterocycles. The van der Waals surface area contributed by atoms with E-state index in [2.05, 4.69) is 5.32 Å². The molecule has 1 fully saturated rings. The summed E-state index contributed by atoms with van der Waals surface area (Å²) in [6, 6.07) is 0.0534. The van der Waals surface area contributed by atoms with Crippen molar-refractivity contribution in [3.63, 3.8) is 0 Å². The van der Waals surface area contributed by atoms with Gasteiger partial charge in [-0.3, -0.25) is 9.59 Å². The van der Waals surface area contributed by atoms with Crippen LogP contribution in [0.5, 0.6) is 0 Å². The van der Waals surface area contributed by atoms with Crippen LogP contribution in [-0.4, -0.2) is 36.2 Å². The molecule has 0 bridgehead atoms. The van der Waals surface area contributed by atoms with Gasteiger partial charge in [-0.1, -0.05) is 13.8 Å². The SMILES string of the molecule is CC(C)C(C)(CC(=O)NC1COC1)C(=O)O. The van der Waals surface area contributed by atoms with Crippen molar-refractivity contribution in [3.8, 4) is 0 Å². The molecule has 1 atom stereocenters. The monoisotopic (exact) mass is 229 g/mol. The summed E-state index contributed by atoms with van der Waals surface area (Å²) in [5.74, 6) is -1.23. The van der Waals surface area contributed by atoms with Crippen LogP contribution in [0.2, 0.25) is 0 Å². The molecule has 0 aromatic carbocycles. The number of carboxylic acid groups (broad SMARTS) is 1. The average molecular weight is 229 g/mol. The summed E-state index contributed by atoms with van der Waals surface area (Å²) in [5.41, 5.74) is -1.01. The van der Waals surface area contributed by atoms with Gasteiger partial charge in [0.15, 0.2) is 0 Å². The van der Waals surface area contributed by atoms with Crippen LogP contribution in [0.1, 0.15) is 27.2 Å². The zero-order valence-electron chi connectivity index (χ0n) is 9.95. The summed E-state index contributed by atoms with van der Waals surface area (Å²) in [6.45, 7) is 6.28. The van der Waals surface area contributed by atoms with Gasteiger partial charge in [-0.2, -0.15) is 0 Å². The highest BCUT2D eigenvalue weighted by atomic mass is 16.5. The van der Waals surface area contributed by atoms with Crippen LogP contribution < -0.4 is 5.32 Å². The van der Waals surface area contributed by atoms with E-state index in [0.29, 0.717) is 13.2 Å². The van der Waals surface area contributed by atoms with E-state index in [0.717, 1.165) is 0 Å². The minimum absolute atomic E-state index is 0.0104. The van der Waals surface area contributed by atoms with Gasteiger partial charge in [0.1, 0.15) is 0 Å². The van der Waals surface area contributed by atoms with Crippen LogP contribution in [-0.2, 0) is 14.3 Å². The lowest BCUT2D eigenvalue weighted by Gasteiger charge is -2.31. The molecule has 1 aliphatic rings. The Morgan fingerprint density at radius 2 is 2.06 bits per heavy atom. The molecule has 2 N–H and O–H groups in total. The lowest BCUT2D eigenvalue weighted by molar-refractivity contribution is -0.154. The number of rotatable bonds is 5. The van der Waals surface area contributed by atoms with Crippen molar-refractivity contribution in [1.29, 1.82) is 0 Å². The van der Waals surface area contributed by atoms with Crippen molar-refractivity contribution < 1.29 is 19.4 Å². The first-order valence-electron chi connectivity index (χ1n) is 5.46. The predicted octanol–water partition coefficient (Wildman–Crippen LogP) is 0.638. The Hall–Kier alpha value is -1.10. The van der Waals surface area contributed by atoms with E-state index in [1.54, 1.807) is 6.92 Å². The Bertz CT molecular complexity index is 286. The van der Waals surface area contributed by atoms with E-state index in [-0.39, 0.29) is 24.3 Å². The average Bonchev–Trinajstić information content (AvgIpc) is 2.10. The molecule has 1 aliphatic heterocycles. The first-order valence-corrected chi connectivity index (χ1v) is 5.46. The first-order chi connectivity index (χ1) is 7.36. The van der Waals surface area contributed by atoms with Crippen molar-refractivity contribution in [2.75, 3.05) is 13.2 Å². The van der Waals surface area contributed by atoms with Gasteiger partial charge in [-0.05, 0) is 12.8 Å². The van der Waals surface area contributed by atoms with E-state index in [9.17, 15) is 9.59 Å². The Morgan fingerprint density at radius 3 is 2.38 bits per heavy atom. The molecule has 0 radical (unpaired) electrons. The number of ether oxygens (including phenoxy) is 1. The van der Waals surface area contributed by atoms with E-state index in [4.69, 9.17) is 9.84 Å². The van der Waals surface area contributed by atoms with Crippen LogP contribution in [0, 0.1) is 11.3 Å². The molecule has 5 heteroatoms. The normalized spacial score (nSPS) is 20.0. The molecule has 92 valence electrons. The van der Waals surface area contributed by atoms with Crippen molar-refractivity contribution in [1.82, 2.24) is 5.32 Å². The lowest BCUT2D eigenvalue weighted by atomic mass is 9.76. The summed E-state index contributed by atoms with van der Waals surface area (Å²) in [7, 11) is 0. The molecule has 1 heterocycles. The molecule has 1 amide bonds. The zero-order valence-corrected chi connectivity index (χ0v) is 9.95. The maximum Gasteiger partial charge on any atom is 0.310 e. The molecule has 1 rings (SSSR count). The Morgan fingerprint density at radius 1 is 1.50 bits per heavy atom. The molecule has 0 aliphatic carbocycles. The number of hydrogen-bond donors (Lipinski definition) is 2. The number of carbonyl (C=O) groups is 2. The third-order valence-corrected chi connectivity index (χ3v) is 3.29. The van der Waals surface area contributed by atoms with Crippen LogP contribution in [0.4, 0.5) is 0 Å². The van der Waals surface area contributed by atoms with Crippen LogP contribution in [0.25, 0.3) is 0 Å². The van der Waals surface area contributed by atoms with Gasteiger partial charge in [0.2, 0.25) is 5.91 Å². The summed E-state index contributed by atoms with van der Waals surface area (Å²) < 4.78 is 4.93. The second-order valence-corrected chi connectivity index (χ2v) is 4.86. The number of amides is 1. The molecule has 0 saturated carbocycles. The fourth-order valence-corrected chi connectivity index (χ4v) is 1.46. The molecule has 1 unspecified atom stereocenters. The number of carboxylic acids is 1. The predicted molar refractivity (Wildman–Crippen MR) is 57.9 cm³/mol. The second-order valence-electron chi connectivity index (χ2n) is 4.86. The van der Waals surface area contributed by atoms with Crippen molar-refractivity contribution in [2.45, 2.75) is 33.2 Å². The third-order valence-electron chi connectivity index (χ3n) is 3.29. The van der Waals surface area contributed by atoms with E-state index in [1.807, 2.05) is 13.8 Å². The van der Waals surface area contributed by atoms with E-state index >= 15 is 0 Å². The number of carbonyl (C=O) groups excluding carboxylic acids is 1. The topological polar surface area (TPSA) is 75.6 Å². The molecule has 0 aromatic rings. The molecular formula is C11H19NO4. The lowest BCUT2D eigenvalue weighted by Crippen LogP contribution is -2.50. The van der Waals surface area contributed by atoms with Gasteiger partial charge in [0, 0.05) is 6.42 Å². The van der Waals surface area contributed by atoms with Crippen molar-refractivity contribution in [3.05, 3.63) is 0 Å². The maximum absolute atomic E-state index is 11.6. The van der Waals surface area contributed by atoms with E-state index < -0.39 is 11.4 Å². The number of nitrogens with one attached hydrogen (secondary N) is 1. The zero-order chi connectivity index (χ0) is 12.3. The minimum atomic E-state index is -1.01. The summed E-state index contributed by atoms with van der Waals surface area (Å²) >= 11 is 0. The van der Waals surface area contributed by atoms with Gasteiger partial charge in [0.25, 0.3) is 0 Å². The largest absolute Gasteiger partial charge is 0.481 e. The molecule has 5 nitrogen and oxygen atoms in total. The minimum Gasteiger partial charge on any atom is -0.481 e. The number of aliphatic carboxylic acids is 1. The van der Waals surface area contributed by atoms with Crippen LogP contribution >= 0.6 is 0 Å². The highest BCUT2D eigenvalue weighted by Gasteiger charge is 2.39. The summed E-state index contributed by atoms with van der Waals surface area (Å²) in [5, 5.41) is 11.9. The molecule has 0 aromatic heterocycles. The highest BCUT2D eigenvalue weighted by molar-refractivity contribution is 5.85. The van der Waals surface area contributed by atoms with Gasteiger partial charge in [-0.25, -0.2) is 0 Å². The third kappa shape index (κ3) is 2.72. The first kappa shape index (κ1) is 13.0. The summed E-state index contributed by atoms with van der Waals surface area (Å²) in [4.78, 5) is 22.8. The Kier molecular flexibility index (Phi) is 3.91. The van der Waals surface area contributed by atoms with Crippen LogP contribution in [0.3, 0.4) is 0 Å². The molecule has 0 spiro atoms. The quantitative estimate of drug-likeness (QED) is 0.725. The standard InChI is InChI=1S/C11H19NO4/c1-7(2)11(3,10(14)15)4-9(13)12-8-5-16-6-8/h7-8H,4-6H2,1-3H3,(H,12,13)(H,14,15).